The molecule has 0 atom stereocenters. The third-order valence-electron chi connectivity index (χ3n) is 6.55. The molecule has 4 N–H and O–H groups in total. The summed E-state index contributed by atoms with van der Waals surface area (Å²) in [6, 6.07) is 12.7. The number of methoxy groups -OCH3 is 1. The lowest BCUT2D eigenvalue weighted by Gasteiger charge is -2.29. The van der Waals surface area contributed by atoms with Crippen LogP contribution in [0.25, 0.3) is 22.5 Å². The number of H-pyrrole nitrogens is 1. The zero-order chi connectivity index (χ0) is 23.8. The van der Waals surface area contributed by atoms with E-state index in [4.69, 9.17) is 10.5 Å². The zero-order valence-electron chi connectivity index (χ0n) is 18.8. The van der Waals surface area contributed by atoms with Gasteiger partial charge in [-0.05, 0) is 56.3 Å². The van der Waals surface area contributed by atoms with Crippen LogP contribution in [-0.2, 0) is 9.59 Å². The van der Waals surface area contributed by atoms with Crippen LogP contribution in [-0.4, -0.2) is 59.4 Å². The smallest absolute Gasteiger partial charge is 0.238 e. The predicted octanol–water partition coefficient (Wildman–Crippen LogP) is 2.43. The van der Waals surface area contributed by atoms with Crippen LogP contribution in [0.3, 0.4) is 0 Å². The molecule has 2 aromatic carbocycles. The highest BCUT2D eigenvalue weighted by atomic mass is 16.5. The fraction of sp³-hybridized carbons (Fsp3) is 0.280. The number of nitrogens with one attached hydrogen (secondary N) is 2. The Bertz CT molecular complexity index is 1270. The van der Waals surface area contributed by atoms with E-state index in [1.807, 2.05) is 41.3 Å². The van der Waals surface area contributed by atoms with Crippen molar-refractivity contribution in [2.75, 3.05) is 32.1 Å². The maximum atomic E-state index is 13.5. The molecule has 1 aliphatic carbocycles. The van der Waals surface area contributed by atoms with Gasteiger partial charge in [-0.15, -0.1) is 0 Å². The minimum absolute atomic E-state index is 0.128. The molecular formula is C25H25N5O4. The predicted molar refractivity (Wildman–Crippen MR) is 126 cm³/mol. The molecule has 2 amide bonds. The standard InChI is InChI=1S/C25H25N5O4/c1-34-16-7-5-14(6-8-16)22-21-23(29-28-22)17-3-2-4-18(20(17)24(21)32)27-19(31)13-30-11-9-15(10-12-30)25(26)33/h2-8,15H,9-13H2,1H3,(H2,26,33)(H,27,31)(H,28,29). The minimum atomic E-state index is -0.283. The van der Waals surface area contributed by atoms with Crippen LogP contribution in [0, 0.1) is 5.92 Å². The Morgan fingerprint density at radius 2 is 1.88 bits per heavy atom. The summed E-state index contributed by atoms with van der Waals surface area (Å²) in [4.78, 5) is 39.6. The van der Waals surface area contributed by atoms with Gasteiger partial charge in [-0.3, -0.25) is 24.4 Å². The van der Waals surface area contributed by atoms with Gasteiger partial charge in [0.25, 0.3) is 0 Å². The maximum Gasteiger partial charge on any atom is 0.238 e. The van der Waals surface area contributed by atoms with Crippen LogP contribution in [0.5, 0.6) is 5.75 Å². The monoisotopic (exact) mass is 459 g/mol. The zero-order valence-corrected chi connectivity index (χ0v) is 18.8. The highest BCUT2D eigenvalue weighted by Gasteiger charge is 2.35. The van der Waals surface area contributed by atoms with E-state index in [1.54, 1.807) is 13.2 Å². The average Bonchev–Trinajstić information content (AvgIpc) is 3.40. The van der Waals surface area contributed by atoms with E-state index in [0.29, 0.717) is 59.7 Å². The molecule has 1 aromatic heterocycles. The number of aromatic nitrogens is 2. The fourth-order valence-electron chi connectivity index (χ4n) is 4.72. The molecule has 2 heterocycles. The molecule has 0 unspecified atom stereocenters. The van der Waals surface area contributed by atoms with Gasteiger partial charge in [-0.2, -0.15) is 5.10 Å². The third-order valence-corrected chi connectivity index (χ3v) is 6.55. The van der Waals surface area contributed by atoms with Crippen molar-refractivity contribution in [3.05, 3.63) is 53.6 Å². The summed E-state index contributed by atoms with van der Waals surface area (Å²) in [5.41, 5.74) is 9.54. The summed E-state index contributed by atoms with van der Waals surface area (Å²) in [7, 11) is 1.60. The lowest BCUT2D eigenvalue weighted by Crippen LogP contribution is -2.42. The van der Waals surface area contributed by atoms with Gasteiger partial charge in [0.2, 0.25) is 11.8 Å². The first-order valence-electron chi connectivity index (χ1n) is 11.2. The number of ketones is 1. The number of primary amides is 1. The molecular weight excluding hydrogens is 434 g/mol. The Hall–Kier alpha value is -3.98. The van der Waals surface area contributed by atoms with Crippen LogP contribution < -0.4 is 15.8 Å². The fourth-order valence-corrected chi connectivity index (χ4v) is 4.72. The highest BCUT2D eigenvalue weighted by Crippen LogP contribution is 2.43. The van der Waals surface area contributed by atoms with Crippen molar-refractivity contribution in [1.82, 2.24) is 15.1 Å². The van der Waals surface area contributed by atoms with Crippen molar-refractivity contribution in [2.45, 2.75) is 12.8 Å². The Morgan fingerprint density at radius 3 is 2.56 bits per heavy atom. The third kappa shape index (κ3) is 3.84. The molecule has 0 spiro atoms. The molecule has 9 heteroatoms. The number of amides is 2. The van der Waals surface area contributed by atoms with Crippen molar-refractivity contribution in [2.24, 2.45) is 11.7 Å². The normalized spacial score (nSPS) is 15.6. The lowest BCUT2D eigenvalue weighted by molar-refractivity contribution is -0.123. The average molecular weight is 460 g/mol. The van der Waals surface area contributed by atoms with Crippen LogP contribution in [0.2, 0.25) is 0 Å². The molecule has 0 saturated carbocycles. The maximum absolute atomic E-state index is 13.5. The number of nitrogens with zero attached hydrogens (tertiary/aromatic N) is 2. The van der Waals surface area contributed by atoms with Gasteiger partial charge >= 0.3 is 0 Å². The first-order chi connectivity index (χ1) is 16.5. The Kier molecular flexibility index (Phi) is 5.62. The van der Waals surface area contributed by atoms with Crippen molar-refractivity contribution in [3.8, 4) is 28.3 Å². The van der Waals surface area contributed by atoms with Gasteiger partial charge in [0.15, 0.2) is 5.78 Å². The van der Waals surface area contributed by atoms with Crippen molar-refractivity contribution in [1.29, 1.82) is 0 Å². The number of aromatic amines is 1. The molecule has 9 nitrogen and oxygen atoms in total. The minimum Gasteiger partial charge on any atom is -0.497 e. The van der Waals surface area contributed by atoms with E-state index in [9.17, 15) is 14.4 Å². The Balaban J connectivity index is 1.34. The number of rotatable bonds is 6. The molecule has 1 aliphatic heterocycles. The number of anilines is 1. The summed E-state index contributed by atoms with van der Waals surface area (Å²) in [5.74, 6) is -0.0778. The largest absolute Gasteiger partial charge is 0.497 e. The number of ether oxygens (including phenoxy) is 1. The summed E-state index contributed by atoms with van der Waals surface area (Å²) >= 11 is 0. The molecule has 174 valence electrons. The van der Waals surface area contributed by atoms with E-state index < -0.39 is 0 Å². The van der Waals surface area contributed by atoms with E-state index in [2.05, 4.69) is 15.5 Å². The Labute approximate surface area is 196 Å². The summed E-state index contributed by atoms with van der Waals surface area (Å²) in [6.45, 7) is 1.45. The lowest BCUT2D eigenvalue weighted by atomic mass is 9.96. The molecule has 2 aliphatic rings. The number of likely N-dealkylation sites (tertiary alicyclic amines) is 1. The topological polar surface area (TPSA) is 130 Å². The number of carbonyl (C=O) groups is 3. The quantitative estimate of drug-likeness (QED) is 0.406. The number of nitrogens with two attached hydrogens (primary N) is 1. The highest BCUT2D eigenvalue weighted by molar-refractivity contribution is 6.27. The van der Waals surface area contributed by atoms with Crippen LogP contribution in [0.15, 0.2) is 42.5 Å². The summed E-state index contributed by atoms with van der Waals surface area (Å²) in [6.07, 6.45) is 1.30. The van der Waals surface area contributed by atoms with Gasteiger partial charge in [-0.25, -0.2) is 0 Å². The first kappa shape index (κ1) is 21.8. The van der Waals surface area contributed by atoms with Crippen molar-refractivity contribution in [3.63, 3.8) is 0 Å². The molecule has 0 bridgehead atoms. The van der Waals surface area contributed by atoms with Gasteiger partial charge in [0.1, 0.15) is 11.4 Å². The van der Waals surface area contributed by atoms with Crippen molar-refractivity contribution < 1.29 is 19.1 Å². The van der Waals surface area contributed by atoms with E-state index >= 15 is 0 Å². The molecule has 34 heavy (non-hydrogen) atoms. The van der Waals surface area contributed by atoms with Gasteiger partial charge in [-0.1, -0.05) is 12.1 Å². The SMILES string of the molecule is COc1ccc(-c2n[nH]c3c2C(=O)c2c(NC(=O)CN4CCC(C(N)=O)CC4)cccc2-3)cc1. The van der Waals surface area contributed by atoms with E-state index in [1.165, 1.54) is 0 Å². The molecule has 5 rings (SSSR count). The number of piperidine rings is 1. The molecule has 1 saturated heterocycles. The number of fused-ring (bicyclic) bond motifs is 3. The molecule has 0 radical (unpaired) electrons. The number of benzene rings is 2. The van der Waals surface area contributed by atoms with E-state index in [0.717, 1.165) is 11.3 Å². The second kappa shape index (κ2) is 8.75. The molecule has 1 fully saturated rings. The number of hydrogen-bond donors (Lipinski definition) is 3. The Morgan fingerprint density at radius 1 is 1.15 bits per heavy atom. The molecule has 3 aromatic rings. The van der Waals surface area contributed by atoms with Crippen molar-refractivity contribution >= 4 is 23.3 Å². The summed E-state index contributed by atoms with van der Waals surface area (Å²) < 4.78 is 5.21. The second-order valence-corrected chi connectivity index (χ2v) is 8.61. The van der Waals surface area contributed by atoms with Crippen LogP contribution in [0.1, 0.15) is 28.8 Å². The number of carbonyl (C=O) groups excluding carboxylic acids is 3. The van der Waals surface area contributed by atoms with E-state index in [-0.39, 0.29) is 30.1 Å². The second-order valence-electron chi connectivity index (χ2n) is 8.61. The van der Waals surface area contributed by atoms with Gasteiger partial charge < -0.3 is 15.8 Å². The number of hydrogen-bond acceptors (Lipinski definition) is 6. The summed E-state index contributed by atoms with van der Waals surface area (Å²) in [5, 5.41) is 10.3. The van der Waals surface area contributed by atoms with Gasteiger partial charge in [0.05, 0.1) is 36.2 Å². The van der Waals surface area contributed by atoms with Crippen LogP contribution in [0.4, 0.5) is 5.69 Å². The first-order valence-corrected chi connectivity index (χ1v) is 11.2. The van der Waals surface area contributed by atoms with Crippen LogP contribution >= 0.6 is 0 Å². The van der Waals surface area contributed by atoms with Gasteiger partial charge in [0, 0.05) is 17.0 Å².